The van der Waals surface area contributed by atoms with E-state index in [4.69, 9.17) is 0 Å². The van der Waals surface area contributed by atoms with Crippen molar-refractivity contribution in [3.63, 3.8) is 0 Å². The Kier molecular flexibility index (Phi) is 4.55. The van der Waals surface area contributed by atoms with Crippen molar-refractivity contribution >= 4 is 35.2 Å². The predicted molar refractivity (Wildman–Crippen MR) is 109 cm³/mol. The molecule has 2 aliphatic heterocycles. The summed E-state index contributed by atoms with van der Waals surface area (Å²) in [7, 11) is 0. The lowest BCUT2D eigenvalue weighted by atomic mass is 10.1. The monoisotopic (exact) mass is 409 g/mol. The zero-order valence-electron chi connectivity index (χ0n) is 16.0. The highest BCUT2D eigenvalue weighted by molar-refractivity contribution is 6.00. The van der Waals surface area contributed by atoms with Gasteiger partial charge in [-0.2, -0.15) is 19.6 Å². The number of alkyl halides is 1. The summed E-state index contributed by atoms with van der Waals surface area (Å²) < 4.78 is 15.3. The maximum atomic E-state index is 13.8. The maximum absolute atomic E-state index is 13.8. The van der Waals surface area contributed by atoms with E-state index in [0.717, 1.165) is 5.69 Å². The fourth-order valence-corrected chi connectivity index (χ4v) is 3.67. The number of benzene rings is 1. The highest BCUT2D eigenvalue weighted by Gasteiger charge is 2.27. The topological polar surface area (TPSA) is 108 Å². The number of halogens is 1. The molecule has 3 N–H and O–H groups in total. The fraction of sp³-hybridized carbons (Fsp3) is 0.300. The number of amides is 1. The van der Waals surface area contributed by atoms with Crippen LogP contribution in [0, 0.1) is 0 Å². The third kappa shape index (κ3) is 3.45. The Balaban J connectivity index is 1.60. The predicted octanol–water partition coefficient (Wildman–Crippen LogP) is 1.64. The number of nitrogens with zero attached hydrogens (tertiary/aromatic N) is 5. The Bertz CT molecular complexity index is 1130. The van der Waals surface area contributed by atoms with Crippen LogP contribution in [-0.4, -0.2) is 56.1 Å². The van der Waals surface area contributed by atoms with Crippen LogP contribution in [0.3, 0.4) is 0 Å². The summed E-state index contributed by atoms with van der Waals surface area (Å²) in [4.78, 5) is 23.0. The van der Waals surface area contributed by atoms with Gasteiger partial charge in [-0.15, -0.1) is 0 Å². The molecule has 1 amide bonds. The molecule has 10 heteroatoms. The molecule has 4 heterocycles. The molecule has 2 fully saturated rings. The van der Waals surface area contributed by atoms with Crippen LogP contribution in [0.2, 0.25) is 0 Å². The van der Waals surface area contributed by atoms with Gasteiger partial charge < -0.3 is 20.6 Å². The van der Waals surface area contributed by atoms with Gasteiger partial charge in [-0.05, 0) is 24.6 Å². The van der Waals surface area contributed by atoms with E-state index in [-0.39, 0.29) is 18.9 Å². The van der Waals surface area contributed by atoms with Crippen LogP contribution in [0.4, 0.5) is 22.0 Å². The number of anilines is 3. The van der Waals surface area contributed by atoms with E-state index in [1.54, 1.807) is 21.7 Å². The smallest absolute Gasteiger partial charge is 0.249 e. The lowest BCUT2D eigenvalue weighted by molar-refractivity contribution is -0.117. The number of aliphatic hydroxyl groups excluding tert-OH is 1. The summed E-state index contributed by atoms with van der Waals surface area (Å²) in [6.07, 6.45) is 2.10. The number of carbonyl (C=O) groups is 1. The highest BCUT2D eigenvalue weighted by Crippen LogP contribution is 2.26. The largest absolute Gasteiger partial charge is 0.373 e. The van der Waals surface area contributed by atoms with Gasteiger partial charge in [0.05, 0.1) is 12.7 Å². The third-order valence-corrected chi connectivity index (χ3v) is 5.16. The molecule has 0 radical (unpaired) electrons. The summed E-state index contributed by atoms with van der Waals surface area (Å²) in [6, 6.07) is 9.52. The Labute approximate surface area is 171 Å². The molecular formula is C20H20FN7O2. The van der Waals surface area contributed by atoms with Gasteiger partial charge in [-0.25, -0.2) is 4.39 Å². The van der Waals surface area contributed by atoms with E-state index in [1.165, 1.54) is 0 Å². The third-order valence-electron chi connectivity index (χ3n) is 5.16. The second-order valence-electron chi connectivity index (χ2n) is 7.37. The number of aromatic nitrogens is 4. The van der Waals surface area contributed by atoms with E-state index >= 15 is 0 Å². The van der Waals surface area contributed by atoms with Crippen molar-refractivity contribution in [1.82, 2.24) is 24.9 Å². The van der Waals surface area contributed by atoms with Gasteiger partial charge in [-0.1, -0.05) is 18.2 Å². The van der Waals surface area contributed by atoms with Crippen molar-refractivity contribution in [2.24, 2.45) is 0 Å². The molecule has 5 rings (SSSR count). The summed E-state index contributed by atoms with van der Waals surface area (Å²) >= 11 is 0. The van der Waals surface area contributed by atoms with Gasteiger partial charge in [0.15, 0.2) is 5.65 Å². The van der Waals surface area contributed by atoms with Crippen LogP contribution in [0.1, 0.15) is 18.4 Å². The molecule has 2 saturated heterocycles. The molecular weight excluding hydrogens is 389 g/mol. The number of fused-ring (bicyclic) bond motifs is 1. The molecule has 2 aliphatic rings. The number of nitrogens with one attached hydrogen (secondary N) is 2. The Hall–Kier alpha value is -3.53. The lowest BCUT2D eigenvalue weighted by Gasteiger charge is -2.17. The Morgan fingerprint density at radius 3 is 2.80 bits per heavy atom. The van der Waals surface area contributed by atoms with Gasteiger partial charge in [0.1, 0.15) is 12.4 Å². The minimum atomic E-state index is -0.912. The van der Waals surface area contributed by atoms with E-state index in [9.17, 15) is 14.3 Å². The highest BCUT2D eigenvalue weighted by atomic mass is 19.1. The summed E-state index contributed by atoms with van der Waals surface area (Å²) in [5.41, 5.74) is 2.37. The molecule has 0 saturated carbocycles. The van der Waals surface area contributed by atoms with Crippen LogP contribution in [0.15, 0.2) is 42.1 Å². The molecule has 3 aromatic rings. The van der Waals surface area contributed by atoms with Crippen LogP contribution in [0.5, 0.6) is 0 Å². The van der Waals surface area contributed by atoms with E-state index in [2.05, 4.69) is 25.7 Å². The van der Waals surface area contributed by atoms with Crippen molar-refractivity contribution in [1.29, 1.82) is 0 Å². The molecule has 2 unspecified atom stereocenters. The molecule has 0 aliphatic carbocycles. The first kappa shape index (κ1) is 18.5. The first-order valence-corrected chi connectivity index (χ1v) is 9.73. The molecule has 2 atom stereocenters. The number of rotatable bonds is 4. The van der Waals surface area contributed by atoms with Crippen molar-refractivity contribution < 1.29 is 14.3 Å². The van der Waals surface area contributed by atoms with Gasteiger partial charge in [0.2, 0.25) is 17.8 Å². The zero-order valence-corrected chi connectivity index (χ0v) is 16.0. The van der Waals surface area contributed by atoms with Gasteiger partial charge >= 0.3 is 0 Å². The number of hydrogen-bond donors (Lipinski definition) is 3. The quantitative estimate of drug-likeness (QED) is 0.562. The minimum Gasteiger partial charge on any atom is -0.373 e. The van der Waals surface area contributed by atoms with E-state index in [0.29, 0.717) is 41.6 Å². The zero-order chi connectivity index (χ0) is 20.7. The van der Waals surface area contributed by atoms with Gasteiger partial charge in [0, 0.05) is 29.8 Å². The first-order chi connectivity index (χ1) is 14.6. The Morgan fingerprint density at radius 1 is 1.27 bits per heavy atom. The number of para-hydroxylation sites is 1. The summed E-state index contributed by atoms with van der Waals surface area (Å²) in [5, 5.41) is 19.7. The standard InChI is InChI=1S/C20H20FN7O2/c21-14-6-7-27(11-14)19-25-17-13(8-12-9-16(29)24-18(12)30)10-22-28(17)20(26-19)23-15-4-2-1-3-5-15/h1-5,8,10,14,16,29H,6-7,9,11H2,(H,24,30)(H,23,25,26)/b12-8+. The van der Waals surface area contributed by atoms with E-state index < -0.39 is 12.4 Å². The molecule has 1 aromatic carbocycles. The van der Waals surface area contributed by atoms with Crippen LogP contribution < -0.4 is 15.5 Å². The average molecular weight is 409 g/mol. The Morgan fingerprint density at radius 2 is 2.10 bits per heavy atom. The molecule has 9 nitrogen and oxygen atoms in total. The lowest BCUT2D eigenvalue weighted by Crippen LogP contribution is -2.24. The molecule has 0 spiro atoms. The summed E-state index contributed by atoms with van der Waals surface area (Å²) in [5.74, 6) is 0.514. The fourth-order valence-electron chi connectivity index (χ4n) is 3.67. The summed E-state index contributed by atoms with van der Waals surface area (Å²) in [6.45, 7) is 0.765. The minimum absolute atomic E-state index is 0.207. The van der Waals surface area contributed by atoms with Crippen LogP contribution >= 0.6 is 0 Å². The van der Waals surface area contributed by atoms with Crippen molar-refractivity contribution in [2.75, 3.05) is 23.3 Å². The average Bonchev–Trinajstić information content (AvgIpc) is 3.42. The van der Waals surface area contributed by atoms with Crippen molar-refractivity contribution in [3.8, 4) is 0 Å². The van der Waals surface area contributed by atoms with Crippen molar-refractivity contribution in [3.05, 3.63) is 47.7 Å². The van der Waals surface area contributed by atoms with E-state index in [1.807, 2.05) is 30.3 Å². The van der Waals surface area contributed by atoms with Crippen molar-refractivity contribution in [2.45, 2.75) is 25.2 Å². The number of aliphatic hydroxyl groups is 1. The second kappa shape index (κ2) is 7.38. The van der Waals surface area contributed by atoms with Crippen LogP contribution in [0.25, 0.3) is 11.7 Å². The molecule has 2 aromatic heterocycles. The first-order valence-electron chi connectivity index (χ1n) is 9.73. The van der Waals surface area contributed by atoms with Crippen LogP contribution in [-0.2, 0) is 4.79 Å². The number of carbonyl (C=O) groups excluding carboxylic acids is 1. The number of hydrogen-bond acceptors (Lipinski definition) is 7. The maximum Gasteiger partial charge on any atom is 0.249 e. The van der Waals surface area contributed by atoms with Gasteiger partial charge in [-0.3, -0.25) is 4.79 Å². The molecule has 30 heavy (non-hydrogen) atoms. The second-order valence-corrected chi connectivity index (χ2v) is 7.37. The molecule has 0 bridgehead atoms. The van der Waals surface area contributed by atoms with Gasteiger partial charge in [0.25, 0.3) is 0 Å². The molecule has 154 valence electrons. The normalized spacial score (nSPS) is 22.8. The SMILES string of the molecule is O=C1NC(O)C/C1=C\c1cnn2c(Nc3ccccc3)nc(N3CCC(F)C3)nc12.